The van der Waals surface area contributed by atoms with E-state index in [0.717, 1.165) is 19.3 Å². The van der Waals surface area contributed by atoms with Crippen LogP contribution in [0.5, 0.6) is 0 Å². The molecule has 1 fully saturated rings. The predicted molar refractivity (Wildman–Crippen MR) is 82.5 cm³/mol. The summed E-state index contributed by atoms with van der Waals surface area (Å²) >= 11 is 0. The fourth-order valence-electron chi connectivity index (χ4n) is 3.58. The zero-order valence-electron chi connectivity index (χ0n) is 12.3. The molecule has 2 atom stereocenters. The van der Waals surface area contributed by atoms with Crippen molar-refractivity contribution in [2.45, 2.75) is 44.3 Å². The molecule has 3 rings (SSSR count). The quantitative estimate of drug-likeness (QED) is 0.692. The molecule has 104 valence electrons. The second kappa shape index (κ2) is 5.06. The van der Waals surface area contributed by atoms with Crippen molar-refractivity contribution in [1.82, 2.24) is 0 Å². The molecule has 1 heterocycles. The second-order valence-electron chi connectivity index (χ2n) is 5.59. The van der Waals surface area contributed by atoms with Crippen molar-refractivity contribution >= 4 is 0 Å². The van der Waals surface area contributed by atoms with Crippen molar-refractivity contribution in [3.8, 4) is 0 Å². The second-order valence-corrected chi connectivity index (χ2v) is 5.59. The third-order valence-corrected chi connectivity index (χ3v) is 4.54. The largest absolute Gasteiger partial charge is 0.352 e. The number of ether oxygens (including phenoxy) is 1. The van der Waals surface area contributed by atoms with Crippen molar-refractivity contribution in [2.75, 3.05) is 0 Å². The Morgan fingerprint density at radius 1 is 0.750 bits per heavy atom. The standard InChI is InChI=1S/C19H22O/c1-3-15-19(17-13-9-6-10-14-17)18(4-2,20-19)16-11-7-5-8-12-16/h5-14H,3-4,15H2,1-2H3. The molecule has 0 amide bonds. The van der Waals surface area contributed by atoms with Gasteiger partial charge in [-0.25, -0.2) is 0 Å². The zero-order chi connectivity index (χ0) is 14.1. The highest BCUT2D eigenvalue weighted by atomic mass is 16.6. The number of hydrogen-bond donors (Lipinski definition) is 0. The SMILES string of the molecule is CCCC1(c2ccccc2)OC1(CC)c1ccccc1. The predicted octanol–water partition coefficient (Wildman–Crippen LogP) is 5.02. The number of rotatable bonds is 5. The minimum atomic E-state index is -0.147. The molecule has 0 radical (unpaired) electrons. The Morgan fingerprint density at radius 2 is 1.25 bits per heavy atom. The molecular formula is C19H22O. The minimum absolute atomic E-state index is 0.140. The van der Waals surface area contributed by atoms with Crippen molar-refractivity contribution in [3.63, 3.8) is 0 Å². The van der Waals surface area contributed by atoms with Crippen LogP contribution in [-0.4, -0.2) is 0 Å². The van der Waals surface area contributed by atoms with Crippen LogP contribution in [-0.2, 0) is 15.9 Å². The van der Waals surface area contributed by atoms with Crippen molar-refractivity contribution < 1.29 is 4.74 Å². The summed E-state index contributed by atoms with van der Waals surface area (Å²) in [4.78, 5) is 0. The molecule has 2 aromatic carbocycles. The van der Waals surface area contributed by atoms with Crippen LogP contribution in [0.1, 0.15) is 44.2 Å². The number of epoxide rings is 1. The summed E-state index contributed by atoms with van der Waals surface area (Å²) < 4.78 is 6.45. The third kappa shape index (κ3) is 1.81. The van der Waals surface area contributed by atoms with Gasteiger partial charge < -0.3 is 4.74 Å². The zero-order valence-corrected chi connectivity index (χ0v) is 12.3. The molecule has 1 nitrogen and oxygen atoms in total. The van der Waals surface area contributed by atoms with Gasteiger partial charge in [-0.1, -0.05) is 80.9 Å². The van der Waals surface area contributed by atoms with Gasteiger partial charge in [-0.2, -0.15) is 0 Å². The van der Waals surface area contributed by atoms with Gasteiger partial charge in [0.15, 0.2) is 0 Å². The molecule has 1 aliphatic heterocycles. The Bertz CT molecular complexity index is 563. The van der Waals surface area contributed by atoms with E-state index in [4.69, 9.17) is 4.74 Å². The lowest BCUT2D eigenvalue weighted by atomic mass is 9.77. The van der Waals surface area contributed by atoms with E-state index < -0.39 is 0 Å². The Hall–Kier alpha value is -1.60. The Kier molecular flexibility index (Phi) is 3.39. The van der Waals surface area contributed by atoms with E-state index in [2.05, 4.69) is 74.5 Å². The number of benzene rings is 2. The Balaban J connectivity index is 2.07. The maximum absolute atomic E-state index is 6.45. The van der Waals surface area contributed by atoms with Crippen LogP contribution in [0.2, 0.25) is 0 Å². The molecule has 2 aromatic rings. The normalized spacial score (nSPS) is 28.3. The molecule has 0 saturated carbocycles. The van der Waals surface area contributed by atoms with E-state index in [1.165, 1.54) is 11.1 Å². The molecule has 20 heavy (non-hydrogen) atoms. The highest BCUT2D eigenvalue weighted by Crippen LogP contribution is 2.66. The highest BCUT2D eigenvalue weighted by Gasteiger charge is 2.69. The molecule has 1 saturated heterocycles. The summed E-state index contributed by atoms with van der Waals surface area (Å²) in [6.07, 6.45) is 3.20. The first-order valence-electron chi connectivity index (χ1n) is 7.60. The first-order valence-corrected chi connectivity index (χ1v) is 7.60. The number of hydrogen-bond acceptors (Lipinski definition) is 1. The van der Waals surface area contributed by atoms with E-state index in [0.29, 0.717) is 0 Å². The summed E-state index contributed by atoms with van der Waals surface area (Å²) in [6, 6.07) is 21.4. The summed E-state index contributed by atoms with van der Waals surface area (Å²) in [5.74, 6) is 0. The Labute approximate surface area is 121 Å². The molecule has 0 aromatic heterocycles. The lowest BCUT2D eigenvalue weighted by molar-refractivity contribution is 0.251. The minimum Gasteiger partial charge on any atom is -0.352 e. The first-order chi connectivity index (χ1) is 9.79. The molecule has 1 heteroatoms. The van der Waals surface area contributed by atoms with Crippen LogP contribution in [0.4, 0.5) is 0 Å². The topological polar surface area (TPSA) is 12.5 Å². The molecule has 2 unspecified atom stereocenters. The lowest BCUT2D eigenvalue weighted by Gasteiger charge is -2.20. The summed E-state index contributed by atoms with van der Waals surface area (Å²) in [5.41, 5.74) is 2.33. The van der Waals surface area contributed by atoms with Crippen LogP contribution >= 0.6 is 0 Å². The monoisotopic (exact) mass is 266 g/mol. The molecule has 0 aliphatic carbocycles. The molecular weight excluding hydrogens is 244 g/mol. The lowest BCUT2D eigenvalue weighted by Crippen LogP contribution is -2.22. The van der Waals surface area contributed by atoms with Gasteiger partial charge >= 0.3 is 0 Å². The maximum Gasteiger partial charge on any atom is 0.128 e. The van der Waals surface area contributed by atoms with Crippen LogP contribution in [0.25, 0.3) is 0 Å². The van der Waals surface area contributed by atoms with Gasteiger partial charge in [0.05, 0.1) is 0 Å². The molecule has 0 spiro atoms. The highest BCUT2D eigenvalue weighted by molar-refractivity contribution is 5.41. The van der Waals surface area contributed by atoms with Crippen molar-refractivity contribution in [3.05, 3.63) is 71.8 Å². The van der Waals surface area contributed by atoms with Gasteiger partial charge in [-0.3, -0.25) is 0 Å². The van der Waals surface area contributed by atoms with Crippen molar-refractivity contribution in [1.29, 1.82) is 0 Å². The smallest absolute Gasteiger partial charge is 0.128 e. The van der Waals surface area contributed by atoms with Gasteiger partial charge in [0, 0.05) is 0 Å². The van der Waals surface area contributed by atoms with E-state index >= 15 is 0 Å². The fourth-order valence-corrected chi connectivity index (χ4v) is 3.58. The summed E-state index contributed by atoms with van der Waals surface area (Å²) in [5, 5.41) is 0. The van der Waals surface area contributed by atoms with Gasteiger partial charge in [0.25, 0.3) is 0 Å². The molecule has 0 N–H and O–H groups in total. The average Bonchev–Trinajstić information content (AvgIpc) is 3.20. The average molecular weight is 266 g/mol. The van der Waals surface area contributed by atoms with E-state index in [-0.39, 0.29) is 11.2 Å². The van der Waals surface area contributed by atoms with E-state index in [1.54, 1.807) is 0 Å². The van der Waals surface area contributed by atoms with Gasteiger partial charge in [-0.15, -0.1) is 0 Å². The van der Waals surface area contributed by atoms with E-state index in [9.17, 15) is 0 Å². The summed E-state index contributed by atoms with van der Waals surface area (Å²) in [7, 11) is 0. The Morgan fingerprint density at radius 3 is 1.70 bits per heavy atom. The van der Waals surface area contributed by atoms with Gasteiger partial charge in [0.2, 0.25) is 0 Å². The van der Waals surface area contributed by atoms with Crippen LogP contribution in [0, 0.1) is 0 Å². The van der Waals surface area contributed by atoms with Gasteiger partial charge in [-0.05, 0) is 24.0 Å². The maximum atomic E-state index is 6.45. The van der Waals surface area contributed by atoms with Crippen LogP contribution in [0.15, 0.2) is 60.7 Å². The van der Waals surface area contributed by atoms with Crippen LogP contribution < -0.4 is 0 Å². The first kappa shape index (κ1) is 13.4. The van der Waals surface area contributed by atoms with Gasteiger partial charge in [0.1, 0.15) is 11.2 Å². The fraction of sp³-hybridized carbons (Fsp3) is 0.368. The molecule has 1 aliphatic rings. The van der Waals surface area contributed by atoms with Crippen LogP contribution in [0.3, 0.4) is 0 Å². The molecule has 0 bridgehead atoms. The van der Waals surface area contributed by atoms with Crippen molar-refractivity contribution in [2.24, 2.45) is 0 Å². The summed E-state index contributed by atoms with van der Waals surface area (Å²) in [6.45, 7) is 4.46. The third-order valence-electron chi connectivity index (χ3n) is 4.54. The van der Waals surface area contributed by atoms with E-state index in [1.807, 2.05) is 0 Å².